The second kappa shape index (κ2) is 12.2. The van der Waals surface area contributed by atoms with Gasteiger partial charge >= 0.3 is 0 Å². The van der Waals surface area contributed by atoms with E-state index in [0.29, 0.717) is 0 Å². The zero-order valence-corrected chi connectivity index (χ0v) is 19.9. The molecule has 1 unspecified atom stereocenters. The number of likely N-dealkylation sites (N-methyl/N-ethyl adjacent to an activating group) is 1. The molecule has 0 bridgehead atoms. The summed E-state index contributed by atoms with van der Waals surface area (Å²) < 4.78 is 5.54. The highest BCUT2D eigenvalue weighted by Gasteiger charge is 2.30. The van der Waals surface area contributed by atoms with Crippen molar-refractivity contribution in [3.63, 3.8) is 0 Å². The lowest BCUT2D eigenvalue weighted by Gasteiger charge is -2.37. The van der Waals surface area contributed by atoms with E-state index in [1.54, 1.807) is 0 Å². The molecule has 162 valence electrons. The minimum Gasteiger partial charge on any atom is -0.368 e. The Hall–Kier alpha value is -0.610. The molecule has 3 fully saturated rings. The van der Waals surface area contributed by atoms with Gasteiger partial charge in [-0.15, -0.1) is 24.0 Å². The van der Waals surface area contributed by atoms with Gasteiger partial charge in [0, 0.05) is 59.0 Å². The number of hydrogen-bond donors (Lipinski definition) is 1. The van der Waals surface area contributed by atoms with Crippen LogP contribution >= 0.6 is 24.0 Å². The molecule has 3 aliphatic rings. The number of rotatable bonds is 5. The first kappa shape index (κ1) is 23.7. The zero-order chi connectivity index (χ0) is 19.1. The third kappa shape index (κ3) is 6.45. The molecule has 2 aliphatic heterocycles. The first-order chi connectivity index (χ1) is 13.2. The van der Waals surface area contributed by atoms with Gasteiger partial charge in [-0.25, -0.2) is 0 Å². The Morgan fingerprint density at radius 1 is 1.07 bits per heavy atom. The number of ether oxygens (including phenoxy) is 1. The van der Waals surface area contributed by atoms with E-state index in [9.17, 15) is 4.79 Å². The van der Waals surface area contributed by atoms with Crippen molar-refractivity contribution in [3.8, 4) is 0 Å². The van der Waals surface area contributed by atoms with E-state index >= 15 is 0 Å². The maximum absolute atomic E-state index is 12.5. The standard InChI is InChI=1S/C20H37N5O2.HI/c1-21-20(22-10-11-23(2)17-7-4-3-5-8-17)25-14-12-24(13-15-25)19(26)18-9-6-16-27-18;/h17-18H,3-16H2,1-2H3,(H,21,22);1H. The first-order valence-electron chi connectivity index (χ1n) is 10.8. The lowest BCUT2D eigenvalue weighted by Crippen LogP contribution is -2.55. The highest BCUT2D eigenvalue weighted by Crippen LogP contribution is 2.21. The number of carbonyl (C=O) groups is 1. The van der Waals surface area contributed by atoms with Crippen molar-refractivity contribution < 1.29 is 9.53 Å². The molecule has 3 rings (SSSR count). The summed E-state index contributed by atoms with van der Waals surface area (Å²) in [6.07, 6.45) is 8.50. The van der Waals surface area contributed by atoms with Gasteiger partial charge < -0.3 is 24.8 Å². The molecular formula is C20H38IN5O2. The predicted molar refractivity (Wildman–Crippen MR) is 123 cm³/mol. The second-order valence-corrected chi connectivity index (χ2v) is 8.06. The molecular weight excluding hydrogens is 469 g/mol. The van der Waals surface area contributed by atoms with Crippen molar-refractivity contribution in [1.29, 1.82) is 0 Å². The smallest absolute Gasteiger partial charge is 0.251 e. The van der Waals surface area contributed by atoms with E-state index in [0.717, 1.165) is 70.7 Å². The molecule has 0 aromatic rings. The molecule has 2 saturated heterocycles. The van der Waals surface area contributed by atoms with Gasteiger partial charge in [-0.3, -0.25) is 9.79 Å². The molecule has 28 heavy (non-hydrogen) atoms. The van der Waals surface area contributed by atoms with Crippen LogP contribution in [0.4, 0.5) is 0 Å². The Bertz CT molecular complexity index is 499. The lowest BCUT2D eigenvalue weighted by molar-refractivity contribution is -0.142. The van der Waals surface area contributed by atoms with Crippen molar-refractivity contribution in [1.82, 2.24) is 20.0 Å². The molecule has 1 atom stereocenters. The number of nitrogens with one attached hydrogen (secondary N) is 1. The summed E-state index contributed by atoms with van der Waals surface area (Å²) in [6, 6.07) is 0.745. The molecule has 0 spiro atoms. The molecule has 0 aromatic heterocycles. The van der Waals surface area contributed by atoms with E-state index in [1.807, 2.05) is 11.9 Å². The zero-order valence-electron chi connectivity index (χ0n) is 17.6. The summed E-state index contributed by atoms with van der Waals surface area (Å²) in [4.78, 5) is 23.6. The summed E-state index contributed by atoms with van der Waals surface area (Å²) in [6.45, 7) is 5.84. The van der Waals surface area contributed by atoms with Crippen LogP contribution < -0.4 is 5.32 Å². The molecule has 1 amide bonds. The lowest BCUT2D eigenvalue weighted by atomic mass is 9.94. The third-order valence-corrected chi connectivity index (χ3v) is 6.25. The Morgan fingerprint density at radius 2 is 1.75 bits per heavy atom. The van der Waals surface area contributed by atoms with Crippen LogP contribution in [0.1, 0.15) is 44.9 Å². The van der Waals surface area contributed by atoms with E-state index < -0.39 is 0 Å². The number of aliphatic imine (C=N–C) groups is 1. The topological polar surface area (TPSA) is 60.4 Å². The van der Waals surface area contributed by atoms with Gasteiger partial charge in [0.1, 0.15) is 6.10 Å². The molecule has 8 heteroatoms. The third-order valence-electron chi connectivity index (χ3n) is 6.25. The van der Waals surface area contributed by atoms with Crippen LogP contribution in [0.5, 0.6) is 0 Å². The summed E-state index contributed by atoms with van der Waals surface area (Å²) >= 11 is 0. The van der Waals surface area contributed by atoms with Crippen LogP contribution in [0.15, 0.2) is 4.99 Å². The van der Waals surface area contributed by atoms with Crippen LogP contribution in [0, 0.1) is 0 Å². The fourth-order valence-electron chi connectivity index (χ4n) is 4.50. The molecule has 0 radical (unpaired) electrons. The molecule has 7 nitrogen and oxygen atoms in total. The minimum atomic E-state index is -0.204. The van der Waals surface area contributed by atoms with Crippen LogP contribution in [0.2, 0.25) is 0 Å². The Balaban J connectivity index is 0.00000280. The van der Waals surface area contributed by atoms with Crippen LogP contribution in [-0.2, 0) is 9.53 Å². The SMILES string of the molecule is CN=C(NCCN(C)C1CCCCC1)N1CCN(C(=O)C2CCCO2)CC1.I. The summed E-state index contributed by atoms with van der Waals surface area (Å²) in [7, 11) is 4.09. The second-order valence-electron chi connectivity index (χ2n) is 8.06. The molecule has 1 N–H and O–H groups in total. The van der Waals surface area contributed by atoms with Crippen molar-refractivity contribution in [3.05, 3.63) is 0 Å². The number of guanidine groups is 1. The van der Waals surface area contributed by atoms with Crippen LogP contribution in [0.25, 0.3) is 0 Å². The van der Waals surface area contributed by atoms with Gasteiger partial charge in [0.05, 0.1) is 0 Å². The fourth-order valence-corrected chi connectivity index (χ4v) is 4.50. The molecule has 1 saturated carbocycles. The average molecular weight is 507 g/mol. The maximum atomic E-state index is 12.5. The largest absolute Gasteiger partial charge is 0.368 e. The van der Waals surface area contributed by atoms with Crippen LogP contribution in [0.3, 0.4) is 0 Å². The van der Waals surface area contributed by atoms with Gasteiger partial charge in [0.25, 0.3) is 5.91 Å². The van der Waals surface area contributed by atoms with Crippen LogP contribution in [-0.4, -0.2) is 98.7 Å². The van der Waals surface area contributed by atoms with E-state index in [4.69, 9.17) is 4.74 Å². The number of hydrogen-bond acceptors (Lipinski definition) is 4. The fraction of sp³-hybridized carbons (Fsp3) is 0.900. The van der Waals surface area contributed by atoms with E-state index in [-0.39, 0.29) is 36.0 Å². The van der Waals surface area contributed by atoms with Crippen molar-refractivity contribution in [2.75, 3.05) is 60.0 Å². The highest BCUT2D eigenvalue weighted by molar-refractivity contribution is 14.0. The Kier molecular flexibility index (Phi) is 10.3. The van der Waals surface area contributed by atoms with Gasteiger partial charge in [-0.1, -0.05) is 19.3 Å². The summed E-state index contributed by atoms with van der Waals surface area (Å²) in [5, 5.41) is 3.51. The Labute approximate surface area is 187 Å². The van der Waals surface area contributed by atoms with Gasteiger partial charge in [-0.05, 0) is 32.7 Å². The summed E-state index contributed by atoms with van der Waals surface area (Å²) in [5.41, 5.74) is 0. The minimum absolute atomic E-state index is 0. The summed E-state index contributed by atoms with van der Waals surface area (Å²) in [5.74, 6) is 1.13. The maximum Gasteiger partial charge on any atom is 0.251 e. The Morgan fingerprint density at radius 3 is 2.36 bits per heavy atom. The number of amides is 1. The quantitative estimate of drug-likeness (QED) is 0.349. The number of halogens is 1. The van der Waals surface area contributed by atoms with E-state index in [1.165, 1.54) is 32.1 Å². The molecule has 1 aliphatic carbocycles. The number of piperazine rings is 1. The first-order valence-corrected chi connectivity index (χ1v) is 10.8. The van der Waals surface area contributed by atoms with Crippen molar-refractivity contribution in [2.24, 2.45) is 4.99 Å². The van der Waals surface area contributed by atoms with Crippen molar-refractivity contribution in [2.45, 2.75) is 57.1 Å². The molecule has 2 heterocycles. The van der Waals surface area contributed by atoms with Gasteiger partial charge in [-0.2, -0.15) is 0 Å². The highest BCUT2D eigenvalue weighted by atomic mass is 127. The van der Waals surface area contributed by atoms with Crippen molar-refractivity contribution >= 4 is 35.8 Å². The van der Waals surface area contributed by atoms with Gasteiger partial charge in [0.2, 0.25) is 0 Å². The van der Waals surface area contributed by atoms with Gasteiger partial charge in [0.15, 0.2) is 5.96 Å². The predicted octanol–water partition coefficient (Wildman–Crippen LogP) is 1.77. The normalized spacial score (nSPS) is 24.4. The number of carbonyl (C=O) groups excluding carboxylic acids is 1. The monoisotopic (exact) mass is 507 g/mol. The average Bonchev–Trinajstić information content (AvgIpc) is 3.26. The molecule has 0 aromatic carbocycles. The van der Waals surface area contributed by atoms with E-state index in [2.05, 4.69) is 27.2 Å². The number of nitrogens with zero attached hydrogens (tertiary/aromatic N) is 4.